The molecule has 0 N–H and O–H groups in total. The van der Waals surface area contributed by atoms with Gasteiger partial charge in [0.2, 0.25) is 0 Å². The number of nitrogens with zero attached hydrogens (tertiary/aromatic N) is 3. The van der Waals surface area contributed by atoms with E-state index in [2.05, 4.69) is 16.0 Å². The SMILES string of the molecule is O=C(c1ccccc1F)N1CC[C@@H]2OCCN(Cc3cccnc3)[C@H]2C1. The van der Waals surface area contributed by atoms with E-state index in [9.17, 15) is 9.18 Å². The molecule has 136 valence electrons. The van der Waals surface area contributed by atoms with Crippen molar-refractivity contribution in [2.75, 3.05) is 26.2 Å². The molecule has 6 heteroatoms. The van der Waals surface area contributed by atoms with Crippen molar-refractivity contribution in [2.24, 2.45) is 0 Å². The van der Waals surface area contributed by atoms with Crippen LogP contribution < -0.4 is 0 Å². The van der Waals surface area contributed by atoms with Crippen molar-refractivity contribution >= 4 is 5.91 Å². The zero-order valence-electron chi connectivity index (χ0n) is 14.6. The van der Waals surface area contributed by atoms with Gasteiger partial charge in [0.05, 0.1) is 24.3 Å². The first-order valence-corrected chi connectivity index (χ1v) is 9.01. The number of carbonyl (C=O) groups excluding carboxylic acids is 1. The van der Waals surface area contributed by atoms with Gasteiger partial charge in [-0.1, -0.05) is 18.2 Å². The van der Waals surface area contributed by atoms with E-state index < -0.39 is 5.82 Å². The number of amides is 1. The van der Waals surface area contributed by atoms with Crippen LogP contribution in [0.3, 0.4) is 0 Å². The van der Waals surface area contributed by atoms with Gasteiger partial charge in [-0.3, -0.25) is 14.7 Å². The fraction of sp³-hybridized carbons (Fsp3) is 0.400. The fourth-order valence-electron chi connectivity index (χ4n) is 3.85. The van der Waals surface area contributed by atoms with Gasteiger partial charge in [0.25, 0.3) is 5.91 Å². The standard InChI is InChI=1S/C20H22FN3O2/c21-17-6-2-1-5-16(17)20(25)24-9-7-19-18(14-24)23(10-11-26-19)13-15-4-3-8-22-12-15/h1-6,8,12,18-19H,7,9-11,13-14H2/t18-,19-/m0/s1. The first-order chi connectivity index (χ1) is 12.7. The zero-order valence-corrected chi connectivity index (χ0v) is 14.6. The Morgan fingerprint density at radius 2 is 2.12 bits per heavy atom. The number of benzene rings is 1. The van der Waals surface area contributed by atoms with Crippen LogP contribution in [0.5, 0.6) is 0 Å². The van der Waals surface area contributed by atoms with Crippen LogP contribution in [0.2, 0.25) is 0 Å². The number of hydrogen-bond donors (Lipinski definition) is 0. The minimum absolute atomic E-state index is 0.116. The largest absolute Gasteiger partial charge is 0.375 e. The number of carbonyl (C=O) groups is 1. The molecule has 26 heavy (non-hydrogen) atoms. The molecule has 1 aromatic carbocycles. The predicted octanol–water partition coefficient (Wildman–Crippen LogP) is 2.34. The summed E-state index contributed by atoms with van der Waals surface area (Å²) in [5.41, 5.74) is 1.28. The number of aromatic nitrogens is 1. The van der Waals surface area contributed by atoms with Crippen LogP contribution in [0.4, 0.5) is 4.39 Å². The smallest absolute Gasteiger partial charge is 0.256 e. The number of morpholine rings is 1. The molecule has 2 fully saturated rings. The van der Waals surface area contributed by atoms with E-state index in [1.165, 1.54) is 6.07 Å². The Hall–Kier alpha value is -2.31. The van der Waals surface area contributed by atoms with E-state index in [-0.39, 0.29) is 23.6 Å². The van der Waals surface area contributed by atoms with Gasteiger partial charge in [0.15, 0.2) is 0 Å². The second-order valence-corrected chi connectivity index (χ2v) is 6.83. The molecule has 5 nitrogen and oxygen atoms in total. The van der Waals surface area contributed by atoms with Gasteiger partial charge >= 0.3 is 0 Å². The summed E-state index contributed by atoms with van der Waals surface area (Å²) in [5.74, 6) is -0.708. The minimum Gasteiger partial charge on any atom is -0.375 e. The third-order valence-electron chi connectivity index (χ3n) is 5.20. The van der Waals surface area contributed by atoms with Crippen LogP contribution in [0.15, 0.2) is 48.8 Å². The second kappa shape index (κ2) is 7.51. The fourth-order valence-corrected chi connectivity index (χ4v) is 3.85. The van der Waals surface area contributed by atoms with Gasteiger partial charge < -0.3 is 9.64 Å². The van der Waals surface area contributed by atoms with Crippen LogP contribution >= 0.6 is 0 Å². The zero-order chi connectivity index (χ0) is 17.9. The summed E-state index contributed by atoms with van der Waals surface area (Å²) in [6, 6.07) is 10.3. The Kier molecular flexibility index (Phi) is 4.95. The Bertz CT molecular complexity index is 771. The van der Waals surface area contributed by atoms with Gasteiger partial charge in [-0.2, -0.15) is 0 Å². The third-order valence-corrected chi connectivity index (χ3v) is 5.20. The van der Waals surface area contributed by atoms with E-state index in [1.54, 1.807) is 29.3 Å². The number of hydrogen-bond acceptors (Lipinski definition) is 4. The van der Waals surface area contributed by atoms with Crippen LogP contribution in [0.25, 0.3) is 0 Å². The third kappa shape index (κ3) is 3.48. The van der Waals surface area contributed by atoms with Gasteiger partial charge in [0.1, 0.15) is 5.82 Å². The lowest BCUT2D eigenvalue weighted by Gasteiger charge is -2.47. The Balaban J connectivity index is 1.50. The Morgan fingerprint density at radius 3 is 2.92 bits per heavy atom. The summed E-state index contributed by atoms with van der Waals surface area (Å²) in [4.78, 5) is 21.1. The number of halogens is 1. The molecule has 4 rings (SSSR count). The van der Waals surface area contributed by atoms with Crippen LogP contribution in [-0.2, 0) is 11.3 Å². The van der Waals surface area contributed by atoms with Crippen molar-refractivity contribution in [2.45, 2.75) is 25.1 Å². The van der Waals surface area contributed by atoms with Crippen LogP contribution in [0, 0.1) is 5.82 Å². The molecule has 2 aliphatic rings. The average molecular weight is 355 g/mol. The molecule has 2 atom stereocenters. The maximum atomic E-state index is 14.0. The van der Waals surface area contributed by atoms with E-state index in [1.807, 2.05) is 12.3 Å². The number of rotatable bonds is 3. The van der Waals surface area contributed by atoms with Crippen molar-refractivity contribution in [1.29, 1.82) is 0 Å². The molecule has 2 aromatic rings. The molecule has 0 aliphatic carbocycles. The number of piperidine rings is 1. The molecule has 3 heterocycles. The highest BCUT2D eigenvalue weighted by Crippen LogP contribution is 2.26. The first-order valence-electron chi connectivity index (χ1n) is 9.01. The lowest BCUT2D eigenvalue weighted by molar-refractivity contribution is -0.101. The summed E-state index contributed by atoms with van der Waals surface area (Å²) in [6.45, 7) is 3.44. The van der Waals surface area contributed by atoms with E-state index >= 15 is 0 Å². The molecule has 0 saturated carbocycles. The molecular formula is C20H22FN3O2. The van der Waals surface area contributed by atoms with Crippen molar-refractivity contribution in [3.05, 3.63) is 65.7 Å². The van der Waals surface area contributed by atoms with Crippen molar-refractivity contribution in [1.82, 2.24) is 14.8 Å². The van der Waals surface area contributed by atoms with E-state index in [0.717, 1.165) is 25.1 Å². The lowest BCUT2D eigenvalue weighted by Crippen LogP contribution is -2.60. The molecule has 1 amide bonds. The average Bonchev–Trinajstić information content (AvgIpc) is 2.69. The summed E-state index contributed by atoms with van der Waals surface area (Å²) in [7, 11) is 0. The maximum absolute atomic E-state index is 14.0. The highest BCUT2D eigenvalue weighted by Gasteiger charge is 2.38. The molecule has 0 bridgehead atoms. The lowest BCUT2D eigenvalue weighted by atomic mass is 9.97. The summed E-state index contributed by atoms with van der Waals surface area (Å²) in [5, 5.41) is 0. The van der Waals surface area contributed by atoms with Gasteiger partial charge in [-0.05, 0) is 30.2 Å². The molecule has 0 radical (unpaired) electrons. The van der Waals surface area contributed by atoms with Gasteiger partial charge in [0, 0.05) is 38.6 Å². The summed E-state index contributed by atoms with van der Waals surface area (Å²) >= 11 is 0. The first kappa shape index (κ1) is 17.1. The predicted molar refractivity (Wildman–Crippen MR) is 95.1 cm³/mol. The number of fused-ring (bicyclic) bond motifs is 1. The van der Waals surface area contributed by atoms with Crippen molar-refractivity contribution in [3.8, 4) is 0 Å². The summed E-state index contributed by atoms with van der Waals surface area (Å²) < 4.78 is 19.9. The van der Waals surface area contributed by atoms with Crippen LogP contribution in [0.1, 0.15) is 22.3 Å². The molecule has 2 saturated heterocycles. The number of pyridine rings is 1. The van der Waals surface area contributed by atoms with E-state index in [0.29, 0.717) is 19.7 Å². The molecule has 0 unspecified atom stereocenters. The topological polar surface area (TPSA) is 45.7 Å². The minimum atomic E-state index is -0.466. The van der Waals surface area contributed by atoms with Crippen LogP contribution in [-0.4, -0.2) is 59.1 Å². The monoisotopic (exact) mass is 355 g/mol. The quantitative estimate of drug-likeness (QED) is 0.848. The Morgan fingerprint density at radius 1 is 1.23 bits per heavy atom. The van der Waals surface area contributed by atoms with Crippen molar-refractivity contribution < 1.29 is 13.9 Å². The van der Waals surface area contributed by atoms with E-state index in [4.69, 9.17) is 4.74 Å². The molecule has 0 spiro atoms. The molecular weight excluding hydrogens is 333 g/mol. The van der Waals surface area contributed by atoms with Gasteiger partial charge in [-0.15, -0.1) is 0 Å². The highest BCUT2D eigenvalue weighted by atomic mass is 19.1. The number of ether oxygens (including phenoxy) is 1. The molecule has 1 aromatic heterocycles. The Labute approximate surface area is 152 Å². The van der Waals surface area contributed by atoms with Gasteiger partial charge in [-0.25, -0.2) is 4.39 Å². The molecule has 2 aliphatic heterocycles. The highest BCUT2D eigenvalue weighted by molar-refractivity contribution is 5.94. The normalized spacial score (nSPS) is 23.5. The summed E-state index contributed by atoms with van der Waals surface area (Å²) in [6.07, 6.45) is 4.52. The second-order valence-electron chi connectivity index (χ2n) is 6.83. The van der Waals surface area contributed by atoms with Crippen molar-refractivity contribution in [3.63, 3.8) is 0 Å². The maximum Gasteiger partial charge on any atom is 0.256 e. The number of likely N-dealkylation sites (tertiary alicyclic amines) is 1.